The van der Waals surface area contributed by atoms with Gasteiger partial charge in [-0.05, 0) is 38.0 Å². The maximum absolute atomic E-state index is 12.6. The number of aromatic nitrogens is 1. The molecule has 5 nitrogen and oxygen atoms in total. The first-order valence-electron chi connectivity index (χ1n) is 7.95. The van der Waals surface area contributed by atoms with E-state index < -0.39 is 11.7 Å². The van der Waals surface area contributed by atoms with Crippen LogP contribution in [0.25, 0.3) is 10.9 Å². The molecule has 122 valence electrons. The van der Waals surface area contributed by atoms with Gasteiger partial charge in [-0.3, -0.25) is 14.4 Å². The summed E-state index contributed by atoms with van der Waals surface area (Å²) in [5, 5.41) is 0.615. The normalized spacial score (nSPS) is 10.7. The number of aromatic amines is 1. The number of hydrogen-bond acceptors (Lipinski definition) is 3. The molecule has 0 atom stereocenters. The lowest BCUT2D eigenvalue weighted by Crippen LogP contribution is -2.37. The van der Waals surface area contributed by atoms with Crippen LogP contribution in [0.5, 0.6) is 0 Å². The fourth-order valence-electron chi connectivity index (χ4n) is 2.64. The van der Waals surface area contributed by atoms with E-state index in [1.807, 2.05) is 13.8 Å². The summed E-state index contributed by atoms with van der Waals surface area (Å²) >= 11 is 0. The average molecular weight is 314 g/mol. The molecule has 1 aromatic carbocycles. The van der Waals surface area contributed by atoms with Gasteiger partial charge in [-0.2, -0.15) is 0 Å². The fraction of sp³-hybridized carbons (Fsp3) is 0.389. The van der Waals surface area contributed by atoms with Crippen molar-refractivity contribution in [3.63, 3.8) is 0 Å². The topological polar surface area (TPSA) is 70.2 Å². The largest absolute Gasteiger partial charge is 0.360 e. The fourth-order valence-corrected chi connectivity index (χ4v) is 2.64. The molecule has 5 heteroatoms. The van der Waals surface area contributed by atoms with Gasteiger partial charge in [0.25, 0.3) is 11.7 Å². The van der Waals surface area contributed by atoms with E-state index in [4.69, 9.17) is 0 Å². The van der Waals surface area contributed by atoms with Crippen molar-refractivity contribution >= 4 is 28.4 Å². The minimum absolute atomic E-state index is 0.0728. The van der Waals surface area contributed by atoms with Crippen molar-refractivity contribution in [2.45, 2.75) is 33.6 Å². The zero-order chi connectivity index (χ0) is 17.0. The third-order valence-electron chi connectivity index (χ3n) is 3.80. The molecule has 0 fully saturated rings. The summed E-state index contributed by atoms with van der Waals surface area (Å²) in [5.41, 5.74) is 1.59. The van der Waals surface area contributed by atoms with Gasteiger partial charge in [-0.25, -0.2) is 0 Å². The third-order valence-corrected chi connectivity index (χ3v) is 3.80. The quantitative estimate of drug-likeness (QED) is 0.630. The number of nitrogens with zero attached hydrogens (tertiary/aromatic N) is 1. The van der Waals surface area contributed by atoms with Crippen LogP contribution in [-0.2, 0) is 4.79 Å². The van der Waals surface area contributed by atoms with E-state index in [9.17, 15) is 14.4 Å². The Kier molecular flexibility index (Phi) is 5.32. The van der Waals surface area contributed by atoms with Crippen LogP contribution in [0.15, 0.2) is 24.4 Å². The summed E-state index contributed by atoms with van der Waals surface area (Å²) < 4.78 is 0. The number of ketones is 2. The number of carbonyl (C=O) groups is 3. The van der Waals surface area contributed by atoms with Gasteiger partial charge < -0.3 is 9.88 Å². The Balaban J connectivity index is 2.38. The monoisotopic (exact) mass is 314 g/mol. The van der Waals surface area contributed by atoms with E-state index in [1.54, 1.807) is 29.3 Å². The summed E-state index contributed by atoms with van der Waals surface area (Å²) in [6.45, 7) is 6.57. The minimum atomic E-state index is -0.529. The van der Waals surface area contributed by atoms with Gasteiger partial charge in [0.1, 0.15) is 0 Å². The number of amides is 1. The summed E-state index contributed by atoms with van der Waals surface area (Å²) in [5.74, 6) is -1.09. The van der Waals surface area contributed by atoms with Gasteiger partial charge in [-0.1, -0.05) is 13.8 Å². The molecule has 23 heavy (non-hydrogen) atoms. The minimum Gasteiger partial charge on any atom is -0.360 e. The highest BCUT2D eigenvalue weighted by molar-refractivity contribution is 6.44. The summed E-state index contributed by atoms with van der Waals surface area (Å²) in [6.07, 6.45) is 3.16. The molecule has 0 radical (unpaired) electrons. The van der Waals surface area contributed by atoms with Crippen LogP contribution in [0, 0.1) is 0 Å². The van der Waals surface area contributed by atoms with E-state index in [0.717, 1.165) is 18.4 Å². The molecule has 1 amide bonds. The predicted octanol–water partition coefficient (Wildman–Crippen LogP) is 3.20. The van der Waals surface area contributed by atoms with Crippen molar-refractivity contribution < 1.29 is 14.4 Å². The Labute approximate surface area is 135 Å². The van der Waals surface area contributed by atoms with Gasteiger partial charge >= 0.3 is 0 Å². The molecule has 0 aliphatic carbocycles. The second-order valence-electron chi connectivity index (χ2n) is 5.64. The maximum atomic E-state index is 12.6. The number of benzene rings is 1. The molecule has 1 heterocycles. The lowest BCUT2D eigenvalue weighted by molar-refractivity contribution is -0.126. The highest BCUT2D eigenvalue weighted by atomic mass is 16.2. The molecule has 0 aliphatic rings. The first kappa shape index (κ1) is 16.9. The number of fused-ring (bicyclic) bond motifs is 1. The second kappa shape index (κ2) is 7.22. The predicted molar refractivity (Wildman–Crippen MR) is 89.8 cm³/mol. The van der Waals surface area contributed by atoms with Crippen molar-refractivity contribution in [2.24, 2.45) is 0 Å². The smallest absolute Gasteiger partial charge is 0.295 e. The zero-order valence-electron chi connectivity index (χ0n) is 13.8. The Hall–Kier alpha value is -2.43. The van der Waals surface area contributed by atoms with E-state index in [2.05, 4.69) is 4.98 Å². The Morgan fingerprint density at radius 1 is 1.09 bits per heavy atom. The number of nitrogens with one attached hydrogen (secondary N) is 1. The third kappa shape index (κ3) is 3.50. The highest BCUT2D eigenvalue weighted by Crippen LogP contribution is 2.21. The van der Waals surface area contributed by atoms with Crippen molar-refractivity contribution in [3.05, 3.63) is 35.5 Å². The maximum Gasteiger partial charge on any atom is 0.295 e. The molecule has 0 spiro atoms. The SMILES string of the molecule is CCCN(CCC)C(=O)C(=O)c1c[nH]c2ccc(C(C)=O)cc12. The summed E-state index contributed by atoms with van der Waals surface area (Å²) in [7, 11) is 0. The number of hydrogen-bond donors (Lipinski definition) is 1. The molecule has 1 N–H and O–H groups in total. The number of carbonyl (C=O) groups excluding carboxylic acids is 3. The van der Waals surface area contributed by atoms with Crippen LogP contribution in [0.2, 0.25) is 0 Å². The summed E-state index contributed by atoms with van der Waals surface area (Å²) in [4.78, 5) is 41.2. The van der Waals surface area contributed by atoms with Crippen LogP contribution in [0.3, 0.4) is 0 Å². The number of rotatable bonds is 7. The van der Waals surface area contributed by atoms with Gasteiger partial charge in [0.2, 0.25) is 0 Å². The molecular weight excluding hydrogens is 292 g/mol. The van der Waals surface area contributed by atoms with Crippen LogP contribution < -0.4 is 0 Å². The van der Waals surface area contributed by atoms with E-state index >= 15 is 0 Å². The molecule has 1 aromatic heterocycles. The van der Waals surface area contributed by atoms with Crippen LogP contribution in [-0.4, -0.2) is 40.4 Å². The molecule has 0 saturated heterocycles. The van der Waals surface area contributed by atoms with Crippen molar-refractivity contribution in [2.75, 3.05) is 13.1 Å². The van der Waals surface area contributed by atoms with E-state index in [0.29, 0.717) is 29.6 Å². The van der Waals surface area contributed by atoms with Gasteiger partial charge in [0.15, 0.2) is 5.78 Å². The lowest BCUT2D eigenvalue weighted by atomic mass is 10.0. The molecule has 0 aliphatic heterocycles. The van der Waals surface area contributed by atoms with E-state index in [1.165, 1.54) is 6.92 Å². The van der Waals surface area contributed by atoms with Crippen molar-refractivity contribution in [1.29, 1.82) is 0 Å². The first-order valence-corrected chi connectivity index (χ1v) is 7.95. The van der Waals surface area contributed by atoms with Crippen LogP contribution in [0.4, 0.5) is 0 Å². The number of Topliss-reactive ketones (excluding diaryl/α,β-unsaturated/α-hetero) is 2. The molecule has 0 bridgehead atoms. The first-order chi connectivity index (χ1) is 11.0. The molecule has 2 aromatic rings. The van der Waals surface area contributed by atoms with Gasteiger partial charge in [0.05, 0.1) is 5.56 Å². The Bertz CT molecular complexity index is 740. The molecule has 0 unspecified atom stereocenters. The average Bonchev–Trinajstić information content (AvgIpc) is 2.96. The van der Waals surface area contributed by atoms with Crippen LogP contribution >= 0.6 is 0 Å². The van der Waals surface area contributed by atoms with Crippen LogP contribution in [0.1, 0.15) is 54.3 Å². The zero-order valence-corrected chi connectivity index (χ0v) is 13.8. The van der Waals surface area contributed by atoms with Gasteiger partial charge in [0, 0.05) is 35.8 Å². The molecule has 2 rings (SSSR count). The lowest BCUT2D eigenvalue weighted by Gasteiger charge is -2.20. The second-order valence-corrected chi connectivity index (χ2v) is 5.64. The standard InChI is InChI=1S/C18H22N2O3/c1-4-8-20(9-5-2)18(23)17(22)15-11-19-16-7-6-13(12(3)21)10-14(15)16/h6-7,10-11,19H,4-5,8-9H2,1-3H3. The number of H-pyrrole nitrogens is 1. The Morgan fingerprint density at radius 2 is 1.74 bits per heavy atom. The summed E-state index contributed by atoms with van der Waals surface area (Å²) in [6, 6.07) is 5.12. The van der Waals surface area contributed by atoms with Crippen molar-refractivity contribution in [1.82, 2.24) is 9.88 Å². The van der Waals surface area contributed by atoms with Crippen molar-refractivity contribution in [3.8, 4) is 0 Å². The van der Waals surface area contributed by atoms with Gasteiger partial charge in [-0.15, -0.1) is 0 Å². The molecular formula is C18H22N2O3. The molecule has 0 saturated carbocycles. The Morgan fingerprint density at radius 3 is 2.30 bits per heavy atom. The van der Waals surface area contributed by atoms with E-state index in [-0.39, 0.29) is 5.78 Å². The highest BCUT2D eigenvalue weighted by Gasteiger charge is 2.24.